The van der Waals surface area contributed by atoms with Crippen molar-refractivity contribution in [2.75, 3.05) is 25.6 Å². The number of benzene rings is 2. The highest BCUT2D eigenvalue weighted by Crippen LogP contribution is 2.50. The zero-order chi connectivity index (χ0) is 31.1. The zero-order valence-corrected chi connectivity index (χ0v) is 22.3. The van der Waals surface area contributed by atoms with Crippen LogP contribution >= 0.6 is 0 Å². The minimum absolute atomic E-state index is 0.0721. The van der Waals surface area contributed by atoms with Crippen LogP contribution < -0.4 is 4.90 Å². The van der Waals surface area contributed by atoms with Gasteiger partial charge in [0.1, 0.15) is 0 Å². The Bertz CT molecular complexity index is 1250. The Morgan fingerprint density at radius 3 is 1.85 bits per heavy atom. The monoisotopic (exact) mass is 598 g/mol. The summed E-state index contributed by atoms with van der Waals surface area (Å²) in [5.74, 6) is -4.01. The molecule has 0 saturated heterocycles. The van der Waals surface area contributed by atoms with E-state index >= 15 is 0 Å². The summed E-state index contributed by atoms with van der Waals surface area (Å²) in [6, 6.07) is 2.30. The molecule has 0 aliphatic carbocycles. The predicted molar refractivity (Wildman–Crippen MR) is 130 cm³/mol. The molecule has 41 heavy (non-hydrogen) atoms. The second-order valence-corrected chi connectivity index (χ2v) is 9.79. The summed E-state index contributed by atoms with van der Waals surface area (Å²) in [5, 5.41) is 0. The number of fused-ring (bicyclic) bond motifs is 1. The van der Waals surface area contributed by atoms with E-state index in [-0.39, 0.29) is 36.8 Å². The highest BCUT2D eigenvalue weighted by molar-refractivity contribution is 5.92. The second-order valence-electron chi connectivity index (χ2n) is 9.79. The van der Waals surface area contributed by atoms with Crippen LogP contribution in [-0.4, -0.2) is 43.6 Å². The fourth-order valence-corrected chi connectivity index (χ4v) is 5.06. The molecule has 14 heteroatoms. The largest absolute Gasteiger partial charge is 0.449 e. The molecular weight excluding hydrogens is 571 g/mol. The number of amides is 2. The van der Waals surface area contributed by atoms with Crippen LogP contribution in [0.15, 0.2) is 36.4 Å². The number of halogens is 9. The van der Waals surface area contributed by atoms with E-state index in [4.69, 9.17) is 4.74 Å². The molecule has 3 rings (SSSR count). The van der Waals surface area contributed by atoms with Crippen LogP contribution in [0.25, 0.3) is 0 Å². The van der Waals surface area contributed by atoms with Gasteiger partial charge in [0.25, 0.3) is 0 Å². The SMILES string of the molecule is CCOC(=O)N1c2ccc(C(F)(F)F)cc2[C@@H]([C@H](C(=O)N(C)C)c2cc(C(F)(F)F)cc(C(F)(F)F)c2)C[C@H]1CC. The smallest absolute Gasteiger partial charge is 0.416 e. The minimum Gasteiger partial charge on any atom is -0.449 e. The number of likely N-dealkylation sites (N-methyl/N-ethyl adjacent to an activating group) is 1. The Morgan fingerprint density at radius 2 is 1.41 bits per heavy atom. The molecular formula is C27H27F9N2O3. The van der Waals surface area contributed by atoms with Crippen LogP contribution in [0.3, 0.4) is 0 Å². The first-order valence-electron chi connectivity index (χ1n) is 12.5. The molecule has 1 heterocycles. The summed E-state index contributed by atoms with van der Waals surface area (Å²) in [6.45, 7) is 3.08. The predicted octanol–water partition coefficient (Wildman–Crippen LogP) is 7.84. The van der Waals surface area contributed by atoms with Gasteiger partial charge in [-0.25, -0.2) is 4.79 Å². The Labute approximate surface area is 229 Å². The van der Waals surface area contributed by atoms with Gasteiger partial charge in [-0.1, -0.05) is 6.92 Å². The Morgan fingerprint density at radius 1 is 0.878 bits per heavy atom. The lowest BCUT2D eigenvalue weighted by Crippen LogP contribution is -2.47. The lowest BCUT2D eigenvalue weighted by atomic mass is 9.72. The lowest BCUT2D eigenvalue weighted by molar-refractivity contribution is -0.143. The number of anilines is 1. The first-order valence-corrected chi connectivity index (χ1v) is 12.5. The maximum absolute atomic E-state index is 13.8. The van der Waals surface area contributed by atoms with Crippen molar-refractivity contribution in [2.45, 2.75) is 63.1 Å². The molecule has 0 fully saturated rings. The molecule has 5 nitrogen and oxygen atoms in total. The number of hydrogen-bond acceptors (Lipinski definition) is 3. The van der Waals surface area contributed by atoms with E-state index in [1.807, 2.05) is 0 Å². The van der Waals surface area contributed by atoms with Crippen molar-refractivity contribution >= 4 is 17.7 Å². The van der Waals surface area contributed by atoms with Crippen molar-refractivity contribution in [1.82, 2.24) is 4.90 Å². The quantitative estimate of drug-likeness (QED) is 0.330. The summed E-state index contributed by atoms with van der Waals surface area (Å²) in [4.78, 5) is 28.4. The highest BCUT2D eigenvalue weighted by Gasteiger charge is 2.45. The molecule has 0 saturated carbocycles. The van der Waals surface area contributed by atoms with E-state index in [0.29, 0.717) is 24.3 Å². The van der Waals surface area contributed by atoms with E-state index in [0.717, 1.165) is 15.9 Å². The van der Waals surface area contributed by atoms with Gasteiger partial charge in [-0.05, 0) is 67.3 Å². The molecule has 0 unspecified atom stereocenters. The third kappa shape index (κ3) is 6.72. The van der Waals surface area contributed by atoms with Crippen molar-refractivity contribution in [3.05, 3.63) is 64.2 Å². The minimum atomic E-state index is -5.22. The standard InChI is InChI=1S/C27H27F9N2O3/c1-5-18-13-20(19-12-15(25(28,29)30)7-8-21(19)38(18)24(40)41-6-2)22(23(39)37(3)4)14-9-16(26(31,32)33)11-17(10-14)27(34,35)36/h7-12,18,20,22H,5-6,13H2,1-4H3/t18-,20+,22-/m1/s1. The first kappa shape index (κ1) is 32.1. The van der Waals surface area contributed by atoms with Crippen LogP contribution in [0, 0.1) is 0 Å². The van der Waals surface area contributed by atoms with Crippen molar-refractivity contribution in [3.63, 3.8) is 0 Å². The molecule has 2 amide bonds. The van der Waals surface area contributed by atoms with Crippen LogP contribution in [0.1, 0.15) is 66.3 Å². The highest BCUT2D eigenvalue weighted by atomic mass is 19.4. The van der Waals surface area contributed by atoms with Crippen molar-refractivity contribution in [3.8, 4) is 0 Å². The fourth-order valence-electron chi connectivity index (χ4n) is 5.06. The molecule has 2 aromatic rings. The van der Waals surface area contributed by atoms with Gasteiger partial charge in [0.2, 0.25) is 5.91 Å². The molecule has 0 aromatic heterocycles. The van der Waals surface area contributed by atoms with Crippen molar-refractivity contribution in [1.29, 1.82) is 0 Å². The van der Waals surface area contributed by atoms with Gasteiger partial charge < -0.3 is 9.64 Å². The van der Waals surface area contributed by atoms with Gasteiger partial charge in [0.05, 0.1) is 34.9 Å². The molecule has 226 valence electrons. The van der Waals surface area contributed by atoms with E-state index in [1.165, 1.54) is 21.0 Å². The zero-order valence-electron chi connectivity index (χ0n) is 22.3. The van der Waals surface area contributed by atoms with Gasteiger partial charge >= 0.3 is 24.6 Å². The number of rotatable bonds is 5. The van der Waals surface area contributed by atoms with Gasteiger partial charge in [-0.15, -0.1) is 0 Å². The summed E-state index contributed by atoms with van der Waals surface area (Å²) in [6.07, 6.45) is -16.3. The maximum Gasteiger partial charge on any atom is 0.416 e. The average molecular weight is 599 g/mol. The Kier molecular flexibility index (Phi) is 8.95. The van der Waals surface area contributed by atoms with Crippen LogP contribution in [0.4, 0.5) is 50.0 Å². The molecule has 1 aliphatic rings. The first-order chi connectivity index (χ1) is 18.8. The summed E-state index contributed by atoms with van der Waals surface area (Å²) < 4.78 is 129. The second kappa shape index (κ2) is 11.4. The third-order valence-corrected chi connectivity index (χ3v) is 6.92. The van der Waals surface area contributed by atoms with Crippen LogP contribution in [0.2, 0.25) is 0 Å². The Balaban J connectivity index is 2.39. The molecule has 0 bridgehead atoms. The molecule has 3 atom stereocenters. The number of carbonyl (C=O) groups is 2. The summed E-state index contributed by atoms with van der Waals surface area (Å²) >= 11 is 0. The van der Waals surface area contributed by atoms with Gasteiger partial charge in [0.15, 0.2) is 0 Å². The topological polar surface area (TPSA) is 49.9 Å². The van der Waals surface area contributed by atoms with E-state index in [2.05, 4.69) is 0 Å². The summed E-state index contributed by atoms with van der Waals surface area (Å²) in [7, 11) is 2.46. The number of ether oxygens (including phenoxy) is 1. The van der Waals surface area contributed by atoms with E-state index < -0.39 is 70.7 Å². The third-order valence-electron chi connectivity index (χ3n) is 6.92. The Hall–Kier alpha value is -3.45. The van der Waals surface area contributed by atoms with E-state index in [9.17, 15) is 49.1 Å². The summed E-state index contributed by atoms with van der Waals surface area (Å²) in [5.41, 5.74) is -5.49. The van der Waals surface area contributed by atoms with Crippen molar-refractivity contribution in [2.24, 2.45) is 0 Å². The molecule has 0 radical (unpaired) electrons. The van der Waals surface area contributed by atoms with Gasteiger partial charge in [0, 0.05) is 26.1 Å². The number of nitrogens with zero attached hydrogens (tertiary/aromatic N) is 2. The van der Waals surface area contributed by atoms with E-state index in [1.54, 1.807) is 6.92 Å². The lowest BCUT2D eigenvalue weighted by Gasteiger charge is -2.43. The van der Waals surface area contributed by atoms with Crippen LogP contribution in [0.5, 0.6) is 0 Å². The van der Waals surface area contributed by atoms with Crippen molar-refractivity contribution < 1.29 is 53.8 Å². The molecule has 0 spiro atoms. The number of hydrogen-bond donors (Lipinski definition) is 0. The maximum atomic E-state index is 13.8. The molecule has 0 N–H and O–H groups in total. The average Bonchev–Trinajstić information content (AvgIpc) is 2.86. The van der Waals surface area contributed by atoms with Crippen LogP contribution in [-0.2, 0) is 28.1 Å². The number of alkyl halides is 9. The fraction of sp³-hybridized carbons (Fsp3) is 0.481. The van der Waals surface area contributed by atoms with Gasteiger partial charge in [-0.3, -0.25) is 9.69 Å². The number of carbonyl (C=O) groups excluding carboxylic acids is 2. The molecule has 1 aliphatic heterocycles. The van der Waals surface area contributed by atoms with Gasteiger partial charge in [-0.2, -0.15) is 39.5 Å². The molecule has 2 aromatic carbocycles. The normalized spacial score (nSPS) is 18.5.